The molecule has 1 aromatic heterocycles. The third-order valence-electron chi connectivity index (χ3n) is 3.38. The van der Waals surface area contributed by atoms with Crippen molar-refractivity contribution in [2.45, 2.75) is 30.9 Å². The molecule has 1 fully saturated rings. The van der Waals surface area contributed by atoms with Crippen molar-refractivity contribution >= 4 is 0 Å². The lowest BCUT2D eigenvalue weighted by atomic mass is 9.65. The molecule has 1 heterocycles. The highest BCUT2D eigenvalue weighted by Crippen LogP contribution is 2.43. The second-order valence-corrected chi connectivity index (χ2v) is 4.30. The first-order valence-electron chi connectivity index (χ1n) is 5.21. The number of alkyl halides is 3. The molecule has 2 N–H and O–H groups in total. The zero-order chi connectivity index (χ0) is 11.8. The molecule has 1 saturated carbocycles. The summed E-state index contributed by atoms with van der Waals surface area (Å²) < 4.78 is 37.5. The van der Waals surface area contributed by atoms with E-state index in [1.165, 1.54) is 12.3 Å². The van der Waals surface area contributed by atoms with Gasteiger partial charge in [0.1, 0.15) is 0 Å². The summed E-state index contributed by atoms with van der Waals surface area (Å²) in [7, 11) is 0. The van der Waals surface area contributed by atoms with Crippen molar-refractivity contribution in [1.82, 2.24) is 4.98 Å². The third-order valence-corrected chi connectivity index (χ3v) is 3.38. The van der Waals surface area contributed by atoms with Gasteiger partial charge in [0.2, 0.25) is 0 Å². The Bertz CT molecular complexity index is 378. The summed E-state index contributed by atoms with van der Waals surface area (Å²) in [6, 6.07) is 1.18. The lowest BCUT2D eigenvalue weighted by Gasteiger charge is -2.41. The molecule has 0 spiro atoms. The van der Waals surface area contributed by atoms with Crippen LogP contribution < -0.4 is 5.73 Å². The van der Waals surface area contributed by atoms with E-state index in [0.29, 0.717) is 12.1 Å². The average molecular weight is 230 g/mol. The number of hydrogen-bond acceptors (Lipinski definition) is 2. The van der Waals surface area contributed by atoms with Crippen LogP contribution in [0.25, 0.3) is 0 Å². The summed E-state index contributed by atoms with van der Waals surface area (Å²) in [6.07, 6.45) is 0.753. The van der Waals surface area contributed by atoms with Gasteiger partial charge in [-0.15, -0.1) is 0 Å². The molecule has 2 nitrogen and oxygen atoms in total. The molecule has 2 rings (SSSR count). The molecule has 0 aliphatic heterocycles. The van der Waals surface area contributed by atoms with Gasteiger partial charge in [0, 0.05) is 24.4 Å². The van der Waals surface area contributed by atoms with Crippen molar-refractivity contribution in [2.24, 2.45) is 5.73 Å². The summed E-state index contributed by atoms with van der Waals surface area (Å²) in [5, 5.41) is 0. The number of aromatic nitrogens is 1. The van der Waals surface area contributed by atoms with Gasteiger partial charge in [0.15, 0.2) is 0 Å². The number of nitrogens with two attached hydrogens (primary N) is 1. The fourth-order valence-corrected chi connectivity index (χ4v) is 2.10. The number of nitrogens with zero attached hydrogens (tertiary/aromatic N) is 1. The van der Waals surface area contributed by atoms with Gasteiger partial charge in [0.05, 0.1) is 5.56 Å². The SMILES string of the molecule is NCC1(c2cncc(C(F)(F)F)c2)CCC1. The van der Waals surface area contributed by atoms with Crippen molar-refractivity contribution in [3.8, 4) is 0 Å². The first kappa shape index (κ1) is 11.4. The molecule has 88 valence electrons. The molecule has 0 aromatic carbocycles. The molecule has 0 atom stereocenters. The van der Waals surface area contributed by atoms with E-state index in [1.54, 1.807) is 0 Å². The van der Waals surface area contributed by atoms with E-state index in [0.717, 1.165) is 25.5 Å². The van der Waals surface area contributed by atoms with Gasteiger partial charge >= 0.3 is 6.18 Å². The first-order valence-corrected chi connectivity index (χ1v) is 5.21. The summed E-state index contributed by atoms with van der Waals surface area (Å²) in [4.78, 5) is 3.67. The maximum Gasteiger partial charge on any atom is 0.417 e. The number of hydrogen-bond donors (Lipinski definition) is 1. The largest absolute Gasteiger partial charge is 0.417 e. The van der Waals surface area contributed by atoms with Crippen LogP contribution in [0.4, 0.5) is 13.2 Å². The van der Waals surface area contributed by atoms with Gasteiger partial charge in [-0.25, -0.2) is 0 Å². The fourth-order valence-electron chi connectivity index (χ4n) is 2.10. The zero-order valence-corrected chi connectivity index (χ0v) is 8.72. The summed E-state index contributed by atoms with van der Waals surface area (Å²) in [6.45, 7) is 0.385. The molecule has 16 heavy (non-hydrogen) atoms. The van der Waals surface area contributed by atoms with E-state index in [4.69, 9.17) is 5.73 Å². The predicted octanol–water partition coefficient (Wildman–Crippen LogP) is 2.48. The molecule has 5 heteroatoms. The van der Waals surface area contributed by atoms with Crippen LogP contribution in [-0.2, 0) is 11.6 Å². The van der Waals surface area contributed by atoms with Crippen molar-refractivity contribution in [3.05, 3.63) is 29.6 Å². The fraction of sp³-hybridized carbons (Fsp3) is 0.545. The van der Waals surface area contributed by atoms with Gasteiger partial charge in [-0.05, 0) is 24.5 Å². The minimum absolute atomic E-state index is 0.270. The van der Waals surface area contributed by atoms with Crippen LogP contribution in [0.3, 0.4) is 0 Å². The van der Waals surface area contributed by atoms with Crippen LogP contribution >= 0.6 is 0 Å². The van der Waals surface area contributed by atoms with E-state index < -0.39 is 11.7 Å². The average Bonchev–Trinajstić information content (AvgIpc) is 2.16. The van der Waals surface area contributed by atoms with Crippen molar-refractivity contribution in [1.29, 1.82) is 0 Å². The maximum atomic E-state index is 12.5. The molecule has 0 amide bonds. The standard InChI is InChI=1S/C11H13F3N2/c12-11(13,14)9-4-8(5-16-6-9)10(7-15)2-1-3-10/h4-6H,1-3,7,15H2. The maximum absolute atomic E-state index is 12.5. The highest BCUT2D eigenvalue weighted by molar-refractivity contribution is 5.30. The minimum atomic E-state index is -4.33. The summed E-state index contributed by atoms with van der Waals surface area (Å²) in [5.74, 6) is 0. The molecular formula is C11H13F3N2. The second kappa shape index (κ2) is 3.73. The molecule has 1 aromatic rings. The Morgan fingerprint density at radius 2 is 2.00 bits per heavy atom. The number of pyridine rings is 1. The van der Waals surface area contributed by atoms with Crippen LogP contribution in [0, 0.1) is 0 Å². The van der Waals surface area contributed by atoms with Crippen molar-refractivity contribution < 1.29 is 13.2 Å². The lowest BCUT2D eigenvalue weighted by molar-refractivity contribution is -0.137. The molecule has 0 saturated heterocycles. The van der Waals surface area contributed by atoms with Gasteiger partial charge in [-0.1, -0.05) is 6.42 Å². The smallest absolute Gasteiger partial charge is 0.330 e. The molecule has 0 radical (unpaired) electrons. The Balaban J connectivity index is 2.36. The Kier molecular flexibility index (Phi) is 2.66. The normalized spacial score (nSPS) is 19.2. The van der Waals surface area contributed by atoms with Gasteiger partial charge in [-0.2, -0.15) is 13.2 Å². The molecule has 1 aliphatic rings. The van der Waals surface area contributed by atoms with Crippen LogP contribution in [0.15, 0.2) is 18.5 Å². The first-order chi connectivity index (χ1) is 7.48. The Morgan fingerprint density at radius 1 is 1.31 bits per heavy atom. The van der Waals surface area contributed by atoms with Crippen LogP contribution in [-0.4, -0.2) is 11.5 Å². The van der Waals surface area contributed by atoms with Gasteiger partial charge in [-0.3, -0.25) is 4.98 Å². The van der Waals surface area contributed by atoms with Crippen LogP contribution in [0.1, 0.15) is 30.4 Å². The van der Waals surface area contributed by atoms with Crippen LogP contribution in [0.5, 0.6) is 0 Å². The van der Waals surface area contributed by atoms with Crippen molar-refractivity contribution in [2.75, 3.05) is 6.54 Å². The Labute approximate surface area is 91.7 Å². The van der Waals surface area contributed by atoms with E-state index in [1.807, 2.05) is 0 Å². The predicted molar refractivity (Wildman–Crippen MR) is 53.8 cm³/mol. The highest BCUT2D eigenvalue weighted by Gasteiger charge is 2.39. The third kappa shape index (κ3) is 1.80. The highest BCUT2D eigenvalue weighted by atomic mass is 19.4. The zero-order valence-electron chi connectivity index (χ0n) is 8.72. The lowest BCUT2D eigenvalue weighted by Crippen LogP contribution is -2.41. The van der Waals surface area contributed by atoms with Gasteiger partial charge < -0.3 is 5.73 Å². The summed E-state index contributed by atoms with van der Waals surface area (Å²) >= 11 is 0. The molecular weight excluding hydrogens is 217 g/mol. The second-order valence-electron chi connectivity index (χ2n) is 4.30. The topological polar surface area (TPSA) is 38.9 Å². The Hall–Kier alpha value is -1.10. The van der Waals surface area contributed by atoms with E-state index in [-0.39, 0.29) is 5.41 Å². The number of rotatable bonds is 2. The summed E-state index contributed by atoms with van der Waals surface area (Å²) in [5.41, 5.74) is 5.31. The minimum Gasteiger partial charge on any atom is -0.330 e. The molecule has 0 bridgehead atoms. The van der Waals surface area contributed by atoms with E-state index in [2.05, 4.69) is 4.98 Å². The molecule has 0 unspecified atom stereocenters. The quantitative estimate of drug-likeness (QED) is 0.847. The van der Waals surface area contributed by atoms with Crippen molar-refractivity contribution in [3.63, 3.8) is 0 Å². The monoisotopic (exact) mass is 230 g/mol. The Morgan fingerprint density at radius 3 is 2.44 bits per heavy atom. The molecule has 1 aliphatic carbocycles. The van der Waals surface area contributed by atoms with E-state index >= 15 is 0 Å². The van der Waals surface area contributed by atoms with E-state index in [9.17, 15) is 13.2 Å². The van der Waals surface area contributed by atoms with Crippen LogP contribution in [0.2, 0.25) is 0 Å². The van der Waals surface area contributed by atoms with Gasteiger partial charge in [0.25, 0.3) is 0 Å². The number of halogens is 3.